The molecule has 0 aliphatic heterocycles. The second-order valence-corrected chi connectivity index (χ2v) is 3.70. The minimum Gasteiger partial charge on any atom is -0.460 e. The van der Waals surface area contributed by atoms with Gasteiger partial charge >= 0.3 is 6.01 Å². The summed E-state index contributed by atoms with van der Waals surface area (Å²) in [6.45, 7) is 0. The number of hydrogen-bond acceptors (Lipinski definition) is 3. The van der Waals surface area contributed by atoms with E-state index in [0.717, 1.165) is 0 Å². The molecule has 0 unspecified atom stereocenters. The van der Waals surface area contributed by atoms with E-state index in [-0.39, 0.29) is 25.0 Å². The highest BCUT2D eigenvalue weighted by molar-refractivity contribution is 4.95. The third-order valence-corrected chi connectivity index (χ3v) is 2.48. The molecule has 0 aromatic carbocycles. The summed E-state index contributed by atoms with van der Waals surface area (Å²) >= 11 is 0. The lowest BCUT2D eigenvalue weighted by molar-refractivity contribution is -0.0594. The summed E-state index contributed by atoms with van der Waals surface area (Å²) < 4.78 is 31.1. The Hall–Kier alpha value is -1.26. The van der Waals surface area contributed by atoms with Crippen molar-refractivity contribution in [3.05, 3.63) is 18.5 Å². The Bertz CT molecular complexity index is 308. The SMILES string of the molecule is FC1(F)CCC(Oc2ncccn2)CC1. The van der Waals surface area contributed by atoms with E-state index in [4.69, 9.17) is 4.74 Å². The maximum absolute atomic E-state index is 12.8. The van der Waals surface area contributed by atoms with Gasteiger partial charge in [0.15, 0.2) is 0 Å². The number of alkyl halides is 2. The Labute approximate surface area is 86.5 Å². The van der Waals surface area contributed by atoms with Crippen LogP contribution >= 0.6 is 0 Å². The summed E-state index contributed by atoms with van der Waals surface area (Å²) in [6, 6.07) is 1.95. The quantitative estimate of drug-likeness (QED) is 0.758. The van der Waals surface area contributed by atoms with Gasteiger partial charge in [0.05, 0.1) is 0 Å². The van der Waals surface area contributed by atoms with E-state index in [1.165, 1.54) is 0 Å². The zero-order chi connectivity index (χ0) is 10.7. The molecule has 0 N–H and O–H groups in total. The van der Waals surface area contributed by atoms with Gasteiger partial charge in [-0.2, -0.15) is 0 Å². The van der Waals surface area contributed by atoms with Crippen molar-refractivity contribution in [2.45, 2.75) is 37.7 Å². The van der Waals surface area contributed by atoms with Crippen LogP contribution in [0.25, 0.3) is 0 Å². The van der Waals surface area contributed by atoms with E-state index < -0.39 is 5.92 Å². The van der Waals surface area contributed by atoms with Gasteiger partial charge in [0.2, 0.25) is 5.92 Å². The second kappa shape index (κ2) is 4.08. The van der Waals surface area contributed by atoms with Crippen molar-refractivity contribution < 1.29 is 13.5 Å². The minimum absolute atomic E-state index is 0.107. The molecule has 0 spiro atoms. The minimum atomic E-state index is -2.52. The normalized spacial score (nSPS) is 21.2. The summed E-state index contributed by atoms with van der Waals surface area (Å²) in [7, 11) is 0. The van der Waals surface area contributed by atoms with Crippen LogP contribution in [0.2, 0.25) is 0 Å². The van der Waals surface area contributed by atoms with E-state index in [0.29, 0.717) is 12.8 Å². The summed E-state index contributed by atoms with van der Waals surface area (Å²) in [5, 5.41) is 0. The van der Waals surface area contributed by atoms with Crippen LogP contribution in [0.3, 0.4) is 0 Å². The first kappa shape index (κ1) is 10.3. The number of halogens is 2. The van der Waals surface area contributed by atoms with Crippen molar-refractivity contribution in [2.24, 2.45) is 0 Å². The Balaban J connectivity index is 1.88. The van der Waals surface area contributed by atoms with Crippen molar-refractivity contribution in [3.63, 3.8) is 0 Å². The molecule has 0 radical (unpaired) electrons. The molecular weight excluding hydrogens is 202 g/mol. The summed E-state index contributed by atoms with van der Waals surface area (Å²) in [5.74, 6) is -2.52. The van der Waals surface area contributed by atoms with E-state index in [2.05, 4.69) is 9.97 Å². The molecule has 1 aliphatic carbocycles. The number of hydrogen-bond donors (Lipinski definition) is 0. The van der Waals surface area contributed by atoms with Gasteiger partial charge in [-0.3, -0.25) is 0 Å². The molecule has 5 heteroatoms. The maximum atomic E-state index is 12.8. The molecule has 0 saturated heterocycles. The van der Waals surface area contributed by atoms with Crippen LogP contribution in [0, 0.1) is 0 Å². The highest BCUT2D eigenvalue weighted by Crippen LogP contribution is 2.34. The highest BCUT2D eigenvalue weighted by atomic mass is 19.3. The molecule has 1 fully saturated rings. The van der Waals surface area contributed by atoms with Crippen molar-refractivity contribution in [2.75, 3.05) is 0 Å². The van der Waals surface area contributed by atoms with Gasteiger partial charge in [-0.05, 0) is 18.9 Å². The first-order valence-electron chi connectivity index (χ1n) is 4.97. The summed E-state index contributed by atoms with van der Waals surface area (Å²) in [6.07, 6.45) is 3.48. The van der Waals surface area contributed by atoms with Gasteiger partial charge in [0, 0.05) is 25.2 Å². The molecule has 1 aromatic heterocycles. The highest BCUT2D eigenvalue weighted by Gasteiger charge is 2.35. The Morgan fingerprint density at radius 1 is 1.20 bits per heavy atom. The molecule has 1 aliphatic rings. The maximum Gasteiger partial charge on any atom is 0.316 e. The van der Waals surface area contributed by atoms with Crippen LogP contribution in [0.15, 0.2) is 18.5 Å². The van der Waals surface area contributed by atoms with Crippen LogP contribution in [0.5, 0.6) is 6.01 Å². The fourth-order valence-corrected chi connectivity index (χ4v) is 1.63. The Kier molecular flexibility index (Phi) is 2.79. The summed E-state index contributed by atoms with van der Waals surface area (Å²) in [4.78, 5) is 7.78. The van der Waals surface area contributed by atoms with Gasteiger partial charge in [-0.25, -0.2) is 18.7 Å². The third-order valence-electron chi connectivity index (χ3n) is 2.48. The predicted molar refractivity (Wildman–Crippen MR) is 49.9 cm³/mol. The van der Waals surface area contributed by atoms with Crippen molar-refractivity contribution in [1.29, 1.82) is 0 Å². The van der Waals surface area contributed by atoms with E-state index >= 15 is 0 Å². The lowest BCUT2D eigenvalue weighted by Gasteiger charge is -2.27. The Morgan fingerprint density at radius 2 is 1.80 bits per heavy atom. The van der Waals surface area contributed by atoms with Gasteiger partial charge in [0.25, 0.3) is 0 Å². The lowest BCUT2D eigenvalue weighted by atomic mass is 9.94. The van der Waals surface area contributed by atoms with Crippen molar-refractivity contribution >= 4 is 0 Å². The van der Waals surface area contributed by atoms with Crippen LogP contribution < -0.4 is 4.74 Å². The second-order valence-electron chi connectivity index (χ2n) is 3.70. The first-order valence-corrected chi connectivity index (χ1v) is 4.97. The average Bonchev–Trinajstić information content (AvgIpc) is 2.23. The number of aromatic nitrogens is 2. The standard InChI is InChI=1S/C10H12F2N2O/c11-10(12)4-2-8(3-5-10)15-9-13-6-1-7-14-9/h1,6-8H,2-5H2. The van der Waals surface area contributed by atoms with E-state index in [1.54, 1.807) is 18.5 Å². The van der Waals surface area contributed by atoms with Gasteiger partial charge in [-0.15, -0.1) is 0 Å². The smallest absolute Gasteiger partial charge is 0.316 e. The van der Waals surface area contributed by atoms with Crippen molar-refractivity contribution in [1.82, 2.24) is 9.97 Å². The molecule has 15 heavy (non-hydrogen) atoms. The van der Waals surface area contributed by atoms with Gasteiger partial charge in [-0.1, -0.05) is 0 Å². The molecule has 0 bridgehead atoms. The molecular formula is C10H12F2N2O. The first-order chi connectivity index (χ1) is 7.16. The van der Waals surface area contributed by atoms with Gasteiger partial charge in [0.1, 0.15) is 6.10 Å². The predicted octanol–water partition coefficient (Wildman–Crippen LogP) is 2.43. The molecule has 0 atom stereocenters. The number of rotatable bonds is 2. The van der Waals surface area contributed by atoms with Crippen LogP contribution in [-0.4, -0.2) is 22.0 Å². The number of ether oxygens (including phenoxy) is 1. The zero-order valence-electron chi connectivity index (χ0n) is 8.20. The molecule has 1 heterocycles. The van der Waals surface area contributed by atoms with Gasteiger partial charge < -0.3 is 4.74 Å². The molecule has 0 amide bonds. The zero-order valence-corrected chi connectivity index (χ0v) is 8.20. The molecule has 1 saturated carbocycles. The monoisotopic (exact) mass is 214 g/mol. The fraction of sp³-hybridized carbons (Fsp3) is 0.600. The lowest BCUT2D eigenvalue weighted by Crippen LogP contribution is -2.31. The third kappa shape index (κ3) is 2.84. The summed E-state index contributed by atoms with van der Waals surface area (Å²) in [5.41, 5.74) is 0. The molecule has 3 nitrogen and oxygen atoms in total. The van der Waals surface area contributed by atoms with E-state index in [9.17, 15) is 8.78 Å². The van der Waals surface area contributed by atoms with Crippen molar-refractivity contribution in [3.8, 4) is 6.01 Å². The topological polar surface area (TPSA) is 35.0 Å². The van der Waals surface area contributed by atoms with Crippen LogP contribution in [0.1, 0.15) is 25.7 Å². The van der Waals surface area contributed by atoms with Crippen LogP contribution in [-0.2, 0) is 0 Å². The Morgan fingerprint density at radius 3 is 2.40 bits per heavy atom. The average molecular weight is 214 g/mol. The van der Waals surface area contributed by atoms with E-state index in [1.807, 2.05) is 0 Å². The van der Waals surface area contributed by atoms with Crippen LogP contribution in [0.4, 0.5) is 8.78 Å². The number of nitrogens with zero attached hydrogens (tertiary/aromatic N) is 2. The largest absolute Gasteiger partial charge is 0.460 e. The molecule has 2 rings (SSSR count). The molecule has 82 valence electrons. The molecule has 1 aromatic rings. The fourth-order valence-electron chi connectivity index (χ4n) is 1.63.